The van der Waals surface area contributed by atoms with Gasteiger partial charge >= 0.3 is 0 Å². The molecule has 1 saturated carbocycles. The molecule has 0 saturated heterocycles. The van der Waals surface area contributed by atoms with Crippen LogP contribution in [-0.2, 0) is 6.42 Å². The summed E-state index contributed by atoms with van der Waals surface area (Å²) in [6.07, 6.45) is 19.9. The van der Waals surface area contributed by atoms with E-state index in [1.165, 1.54) is 95.5 Å². The summed E-state index contributed by atoms with van der Waals surface area (Å²) < 4.78 is 0. The molecule has 1 aromatic rings. The Balaban J connectivity index is 1.51. The fourth-order valence-electron chi connectivity index (χ4n) is 4.32. The summed E-state index contributed by atoms with van der Waals surface area (Å²) in [5.74, 6) is 1.95. The van der Waals surface area contributed by atoms with Crippen LogP contribution in [0.1, 0.15) is 102 Å². The maximum atomic E-state index is 8.86. The average Bonchev–Trinajstić information content (AvgIpc) is 2.67. The summed E-state index contributed by atoms with van der Waals surface area (Å²) in [6.45, 7) is 2.29. The lowest BCUT2D eigenvalue weighted by atomic mass is 9.77. The smallest absolute Gasteiger partial charge is 0.0991 e. The second-order valence-electron chi connectivity index (χ2n) is 8.14. The van der Waals surface area contributed by atoms with Crippen LogP contribution < -0.4 is 0 Å². The van der Waals surface area contributed by atoms with Crippen LogP contribution in [0.25, 0.3) is 0 Å². The lowest BCUT2D eigenvalue weighted by Crippen LogP contribution is -2.15. The Hall–Kier alpha value is -1.29. The number of unbranched alkanes of at least 4 members (excludes halogenated alkanes) is 6. The van der Waals surface area contributed by atoms with Gasteiger partial charge in [-0.05, 0) is 42.4 Å². The van der Waals surface area contributed by atoms with Crippen molar-refractivity contribution in [2.24, 2.45) is 11.8 Å². The number of nitrogens with zero attached hydrogens (tertiary/aromatic N) is 1. The topological polar surface area (TPSA) is 23.8 Å². The van der Waals surface area contributed by atoms with Crippen LogP contribution in [0.5, 0.6) is 0 Å². The Morgan fingerprint density at radius 3 is 1.96 bits per heavy atom. The van der Waals surface area contributed by atoms with Gasteiger partial charge in [0.1, 0.15) is 0 Å². The van der Waals surface area contributed by atoms with Gasteiger partial charge in [-0.25, -0.2) is 0 Å². The third-order valence-electron chi connectivity index (χ3n) is 6.11. The predicted molar refractivity (Wildman–Crippen MR) is 108 cm³/mol. The Morgan fingerprint density at radius 1 is 0.800 bits per heavy atom. The van der Waals surface area contributed by atoms with Crippen molar-refractivity contribution in [1.82, 2.24) is 0 Å². The summed E-state index contributed by atoms with van der Waals surface area (Å²) in [7, 11) is 0. The molecule has 0 aliphatic heterocycles. The van der Waals surface area contributed by atoms with Crippen molar-refractivity contribution in [3.8, 4) is 6.07 Å². The fourth-order valence-corrected chi connectivity index (χ4v) is 4.32. The molecular formula is C24H37N. The molecule has 0 aromatic heterocycles. The van der Waals surface area contributed by atoms with E-state index >= 15 is 0 Å². The van der Waals surface area contributed by atoms with Gasteiger partial charge < -0.3 is 0 Å². The number of benzene rings is 1. The second kappa shape index (κ2) is 12.1. The molecule has 0 atom stereocenters. The second-order valence-corrected chi connectivity index (χ2v) is 8.14. The Kier molecular flexibility index (Phi) is 9.71. The van der Waals surface area contributed by atoms with E-state index in [-0.39, 0.29) is 0 Å². The molecule has 0 N–H and O–H groups in total. The molecule has 0 spiro atoms. The van der Waals surface area contributed by atoms with Crippen molar-refractivity contribution in [2.75, 3.05) is 0 Å². The minimum atomic E-state index is 0.773. The highest BCUT2D eigenvalue weighted by Gasteiger charge is 2.20. The molecule has 1 aliphatic rings. The number of hydrogen-bond acceptors (Lipinski definition) is 1. The van der Waals surface area contributed by atoms with Gasteiger partial charge in [0, 0.05) is 0 Å². The van der Waals surface area contributed by atoms with E-state index in [4.69, 9.17) is 5.26 Å². The zero-order chi connectivity index (χ0) is 17.7. The maximum absolute atomic E-state index is 8.86. The first-order valence-electron chi connectivity index (χ1n) is 10.8. The average molecular weight is 340 g/mol. The van der Waals surface area contributed by atoms with E-state index in [0.717, 1.165) is 17.4 Å². The normalized spacial score (nSPS) is 20.3. The third kappa shape index (κ3) is 8.08. The summed E-state index contributed by atoms with van der Waals surface area (Å²) in [5.41, 5.74) is 2.17. The first-order valence-corrected chi connectivity index (χ1v) is 10.8. The standard InChI is InChI=1S/C24H37N/c1-2-3-4-5-6-7-8-9-21-10-12-22(13-11-21)14-15-23-16-18-24(20-25)19-17-23/h16-19,21-22H,2-15H2,1H3. The molecule has 0 heterocycles. The van der Waals surface area contributed by atoms with Gasteiger partial charge in [-0.15, -0.1) is 0 Å². The summed E-state index contributed by atoms with van der Waals surface area (Å²) in [4.78, 5) is 0. The number of aryl methyl sites for hydroxylation is 1. The van der Waals surface area contributed by atoms with Crippen LogP contribution in [0.2, 0.25) is 0 Å². The molecule has 0 radical (unpaired) electrons. The first-order chi connectivity index (χ1) is 12.3. The summed E-state index contributed by atoms with van der Waals surface area (Å²) >= 11 is 0. The minimum Gasteiger partial charge on any atom is -0.192 e. The fraction of sp³-hybridized carbons (Fsp3) is 0.708. The highest BCUT2D eigenvalue weighted by Crippen LogP contribution is 2.34. The quantitative estimate of drug-likeness (QED) is 0.384. The molecule has 0 bridgehead atoms. The van der Waals surface area contributed by atoms with Crippen molar-refractivity contribution >= 4 is 0 Å². The van der Waals surface area contributed by atoms with Crippen molar-refractivity contribution in [3.05, 3.63) is 35.4 Å². The van der Waals surface area contributed by atoms with Crippen LogP contribution in [0, 0.1) is 23.2 Å². The predicted octanol–water partition coefficient (Wildman–Crippen LogP) is 7.44. The molecule has 0 unspecified atom stereocenters. The Labute approximate surface area is 155 Å². The molecule has 1 aromatic carbocycles. The van der Waals surface area contributed by atoms with Gasteiger partial charge in [-0.2, -0.15) is 5.26 Å². The zero-order valence-corrected chi connectivity index (χ0v) is 16.3. The van der Waals surface area contributed by atoms with E-state index in [9.17, 15) is 0 Å². The molecule has 1 fully saturated rings. The number of rotatable bonds is 11. The monoisotopic (exact) mass is 339 g/mol. The lowest BCUT2D eigenvalue weighted by molar-refractivity contribution is 0.248. The number of hydrogen-bond donors (Lipinski definition) is 0. The lowest BCUT2D eigenvalue weighted by Gasteiger charge is -2.28. The van der Waals surface area contributed by atoms with Crippen LogP contribution in [0.15, 0.2) is 24.3 Å². The van der Waals surface area contributed by atoms with Crippen LogP contribution in [-0.4, -0.2) is 0 Å². The van der Waals surface area contributed by atoms with Gasteiger partial charge in [0.25, 0.3) is 0 Å². The van der Waals surface area contributed by atoms with Crippen molar-refractivity contribution in [2.45, 2.75) is 96.8 Å². The van der Waals surface area contributed by atoms with Gasteiger partial charge in [0.15, 0.2) is 0 Å². The van der Waals surface area contributed by atoms with E-state index in [1.54, 1.807) is 0 Å². The summed E-state index contributed by atoms with van der Waals surface area (Å²) in [5, 5.41) is 8.86. The molecule has 2 rings (SSSR count). The van der Waals surface area contributed by atoms with Crippen molar-refractivity contribution < 1.29 is 0 Å². The molecule has 138 valence electrons. The molecule has 1 aliphatic carbocycles. The first kappa shape index (κ1) is 20.0. The molecular weight excluding hydrogens is 302 g/mol. The van der Waals surface area contributed by atoms with Gasteiger partial charge in [-0.1, -0.05) is 96.1 Å². The summed E-state index contributed by atoms with van der Waals surface area (Å²) in [6, 6.07) is 10.4. The van der Waals surface area contributed by atoms with Gasteiger partial charge in [0.2, 0.25) is 0 Å². The van der Waals surface area contributed by atoms with E-state index in [1.807, 2.05) is 12.1 Å². The number of nitriles is 1. The maximum Gasteiger partial charge on any atom is 0.0991 e. The van der Waals surface area contributed by atoms with Gasteiger partial charge in [0.05, 0.1) is 11.6 Å². The van der Waals surface area contributed by atoms with Crippen molar-refractivity contribution in [1.29, 1.82) is 5.26 Å². The van der Waals surface area contributed by atoms with Gasteiger partial charge in [-0.3, -0.25) is 0 Å². The van der Waals surface area contributed by atoms with E-state index in [2.05, 4.69) is 25.1 Å². The third-order valence-corrected chi connectivity index (χ3v) is 6.11. The Bertz CT molecular complexity index is 488. The van der Waals surface area contributed by atoms with E-state index in [0.29, 0.717) is 0 Å². The van der Waals surface area contributed by atoms with Crippen molar-refractivity contribution in [3.63, 3.8) is 0 Å². The zero-order valence-electron chi connectivity index (χ0n) is 16.3. The minimum absolute atomic E-state index is 0.773. The SMILES string of the molecule is CCCCCCCCCC1CCC(CCc2ccc(C#N)cc2)CC1. The largest absolute Gasteiger partial charge is 0.192 e. The highest BCUT2D eigenvalue weighted by atomic mass is 14.3. The molecule has 1 heteroatoms. The molecule has 25 heavy (non-hydrogen) atoms. The highest BCUT2D eigenvalue weighted by molar-refractivity contribution is 5.31. The van der Waals surface area contributed by atoms with E-state index < -0.39 is 0 Å². The van der Waals surface area contributed by atoms with Crippen LogP contribution in [0.3, 0.4) is 0 Å². The molecule has 1 nitrogen and oxygen atoms in total. The Morgan fingerprint density at radius 2 is 1.36 bits per heavy atom. The van der Waals surface area contributed by atoms with Crippen LogP contribution >= 0.6 is 0 Å². The van der Waals surface area contributed by atoms with Crippen LogP contribution in [0.4, 0.5) is 0 Å². The molecule has 0 amide bonds.